The highest BCUT2D eigenvalue weighted by atomic mass is 16.6. The van der Waals surface area contributed by atoms with E-state index in [0.29, 0.717) is 5.56 Å². The Labute approximate surface area is 127 Å². The molecule has 3 N–H and O–H groups in total. The van der Waals surface area contributed by atoms with Gasteiger partial charge in [-0.1, -0.05) is 12.1 Å². The molecule has 0 spiro atoms. The molecule has 0 aromatic heterocycles. The number of aliphatic carboxylic acids is 1. The Morgan fingerprint density at radius 3 is 2.14 bits per heavy atom. The zero-order valence-electron chi connectivity index (χ0n) is 12.5. The van der Waals surface area contributed by atoms with Gasteiger partial charge in [-0.15, -0.1) is 0 Å². The van der Waals surface area contributed by atoms with Crippen LogP contribution >= 0.6 is 0 Å². The van der Waals surface area contributed by atoms with Crippen molar-refractivity contribution in [1.82, 2.24) is 0 Å². The van der Waals surface area contributed by atoms with Crippen molar-refractivity contribution in [3.8, 4) is 0 Å². The minimum Gasteiger partial charge on any atom is -0.479 e. The van der Waals surface area contributed by atoms with Crippen LogP contribution in [0.5, 0.6) is 0 Å². The Bertz CT molecular complexity index is 590. The third kappa shape index (κ3) is 4.26. The normalized spacial score (nSPS) is 14.0. The van der Waals surface area contributed by atoms with Gasteiger partial charge in [0.05, 0.1) is 4.92 Å². The maximum Gasteiger partial charge on any atom is 0.338 e. The largest absolute Gasteiger partial charge is 0.479 e. The molecule has 0 aliphatic heterocycles. The quantitative estimate of drug-likeness (QED) is 0.362. The van der Waals surface area contributed by atoms with Crippen molar-refractivity contribution < 1.29 is 24.4 Å². The zero-order chi connectivity index (χ0) is 17.1. The molecule has 0 aliphatic rings. The smallest absolute Gasteiger partial charge is 0.338 e. The lowest BCUT2D eigenvalue weighted by atomic mass is 9.91. The first kappa shape index (κ1) is 17.6. The van der Waals surface area contributed by atoms with Gasteiger partial charge in [0.25, 0.3) is 5.69 Å². The van der Waals surface area contributed by atoms with Gasteiger partial charge in [-0.2, -0.15) is 0 Å². The molecule has 8 nitrogen and oxygen atoms in total. The summed E-state index contributed by atoms with van der Waals surface area (Å²) < 4.78 is 5.05. The Morgan fingerprint density at radius 2 is 1.77 bits per heavy atom. The number of nitro groups is 1. The minimum absolute atomic E-state index is 0.140. The van der Waals surface area contributed by atoms with Gasteiger partial charge in [-0.25, -0.2) is 9.59 Å². The van der Waals surface area contributed by atoms with Crippen LogP contribution < -0.4 is 5.73 Å². The molecule has 1 aromatic carbocycles. The van der Waals surface area contributed by atoms with E-state index in [4.69, 9.17) is 10.5 Å². The van der Waals surface area contributed by atoms with Crippen LogP contribution in [0.2, 0.25) is 0 Å². The Morgan fingerprint density at radius 1 is 1.27 bits per heavy atom. The molecule has 0 fully saturated rings. The van der Waals surface area contributed by atoms with Crippen molar-refractivity contribution >= 4 is 17.6 Å². The molecule has 1 aromatic rings. The molecule has 1 rings (SSSR count). The highest BCUT2D eigenvalue weighted by molar-refractivity contribution is 6.04. The zero-order valence-corrected chi connectivity index (χ0v) is 12.5. The fourth-order valence-corrected chi connectivity index (χ4v) is 1.66. The van der Waals surface area contributed by atoms with Crippen molar-refractivity contribution in [2.24, 2.45) is 5.73 Å². The van der Waals surface area contributed by atoms with E-state index in [-0.39, 0.29) is 12.1 Å². The van der Waals surface area contributed by atoms with Gasteiger partial charge in [0, 0.05) is 18.6 Å². The number of rotatable bonds is 5. The lowest BCUT2D eigenvalue weighted by Gasteiger charge is -2.28. The third-order valence-electron chi connectivity index (χ3n) is 2.77. The fourth-order valence-electron chi connectivity index (χ4n) is 1.66. The summed E-state index contributed by atoms with van der Waals surface area (Å²) in [5, 5.41) is 19.9. The molecule has 0 saturated heterocycles. The SMILES string of the molecule is CC(C)(C)OC(=O)C(N)(Cc1ccc([N+](=O)[O-])cc1)C(=O)O. The molecule has 0 aliphatic carbocycles. The summed E-state index contributed by atoms with van der Waals surface area (Å²) in [5.74, 6) is -2.59. The van der Waals surface area contributed by atoms with Crippen molar-refractivity contribution in [2.45, 2.75) is 38.3 Å². The predicted molar refractivity (Wildman–Crippen MR) is 77.2 cm³/mol. The molecule has 0 radical (unpaired) electrons. The predicted octanol–water partition coefficient (Wildman–Crippen LogP) is 1.26. The number of benzene rings is 1. The van der Waals surface area contributed by atoms with Crippen LogP contribution in [0.3, 0.4) is 0 Å². The molecule has 0 heterocycles. The first-order chi connectivity index (χ1) is 9.95. The number of esters is 1. The number of ether oxygens (including phenoxy) is 1. The second-order valence-electron chi connectivity index (χ2n) is 5.88. The number of nitrogens with two attached hydrogens (primary N) is 1. The molecule has 1 atom stereocenters. The van der Waals surface area contributed by atoms with E-state index in [0.717, 1.165) is 0 Å². The summed E-state index contributed by atoms with van der Waals surface area (Å²) in [4.78, 5) is 33.5. The number of carbonyl (C=O) groups is 2. The van der Waals surface area contributed by atoms with Crippen LogP contribution in [0.1, 0.15) is 26.3 Å². The minimum atomic E-state index is -2.26. The standard InChI is InChI=1S/C14H18N2O6/c1-13(2,3)22-12(19)14(15,11(17)18)8-9-4-6-10(7-5-9)16(20)21/h4-7H,8,15H2,1-3H3,(H,17,18). The summed E-state index contributed by atoms with van der Waals surface area (Å²) in [6.07, 6.45) is -0.338. The number of carboxylic acid groups (broad SMARTS) is 1. The highest BCUT2D eigenvalue weighted by Gasteiger charge is 2.45. The number of nitro benzene ring substituents is 1. The molecule has 22 heavy (non-hydrogen) atoms. The van der Waals surface area contributed by atoms with Gasteiger partial charge in [-0.05, 0) is 26.3 Å². The first-order valence-electron chi connectivity index (χ1n) is 6.45. The fraction of sp³-hybridized carbons (Fsp3) is 0.429. The van der Waals surface area contributed by atoms with Crippen molar-refractivity contribution in [3.05, 3.63) is 39.9 Å². The average Bonchev–Trinajstić information content (AvgIpc) is 2.36. The molecule has 0 amide bonds. The second-order valence-corrected chi connectivity index (χ2v) is 5.88. The summed E-state index contributed by atoms with van der Waals surface area (Å²) in [7, 11) is 0. The van der Waals surface area contributed by atoms with Gasteiger partial charge in [0.15, 0.2) is 0 Å². The van der Waals surface area contributed by atoms with E-state index in [2.05, 4.69) is 0 Å². The number of carbonyl (C=O) groups excluding carboxylic acids is 1. The molecule has 0 bridgehead atoms. The van der Waals surface area contributed by atoms with Crippen molar-refractivity contribution in [1.29, 1.82) is 0 Å². The van der Waals surface area contributed by atoms with Gasteiger partial charge in [0.1, 0.15) is 5.60 Å². The lowest BCUT2D eigenvalue weighted by Crippen LogP contribution is -2.58. The Balaban J connectivity index is 3.03. The Hall–Kier alpha value is -2.48. The molecule has 120 valence electrons. The van der Waals surface area contributed by atoms with E-state index < -0.39 is 28.0 Å². The van der Waals surface area contributed by atoms with Gasteiger partial charge < -0.3 is 15.6 Å². The summed E-state index contributed by atoms with van der Waals surface area (Å²) in [5.41, 5.74) is 2.81. The lowest BCUT2D eigenvalue weighted by molar-refractivity contribution is -0.384. The number of carboxylic acids is 1. The van der Waals surface area contributed by atoms with Crippen LogP contribution in [0.25, 0.3) is 0 Å². The first-order valence-corrected chi connectivity index (χ1v) is 6.45. The average molecular weight is 310 g/mol. The van der Waals surface area contributed by atoms with Crippen LogP contribution in [0.4, 0.5) is 5.69 Å². The summed E-state index contributed by atoms with van der Waals surface area (Å²) >= 11 is 0. The van der Waals surface area contributed by atoms with Crippen molar-refractivity contribution in [2.75, 3.05) is 0 Å². The number of hydrogen-bond donors (Lipinski definition) is 2. The number of hydrogen-bond acceptors (Lipinski definition) is 6. The highest BCUT2D eigenvalue weighted by Crippen LogP contribution is 2.20. The Kier molecular flexibility index (Phi) is 4.87. The van der Waals surface area contributed by atoms with Crippen LogP contribution in [0, 0.1) is 10.1 Å². The van der Waals surface area contributed by atoms with Crippen LogP contribution in [-0.2, 0) is 20.7 Å². The summed E-state index contributed by atoms with van der Waals surface area (Å²) in [6, 6.07) is 5.14. The topological polar surface area (TPSA) is 133 Å². The van der Waals surface area contributed by atoms with Crippen LogP contribution in [0.15, 0.2) is 24.3 Å². The van der Waals surface area contributed by atoms with Crippen molar-refractivity contribution in [3.63, 3.8) is 0 Å². The molecular formula is C14H18N2O6. The molecule has 8 heteroatoms. The van der Waals surface area contributed by atoms with Gasteiger partial charge in [0.2, 0.25) is 5.54 Å². The second kappa shape index (κ2) is 6.10. The maximum absolute atomic E-state index is 12.1. The van der Waals surface area contributed by atoms with Gasteiger partial charge >= 0.3 is 11.9 Å². The van der Waals surface area contributed by atoms with E-state index >= 15 is 0 Å². The summed E-state index contributed by atoms with van der Waals surface area (Å²) in [6.45, 7) is 4.79. The van der Waals surface area contributed by atoms with E-state index in [1.165, 1.54) is 24.3 Å². The molecule has 0 saturated carbocycles. The molecule has 1 unspecified atom stereocenters. The monoisotopic (exact) mass is 310 g/mol. The van der Waals surface area contributed by atoms with E-state index in [1.54, 1.807) is 20.8 Å². The van der Waals surface area contributed by atoms with E-state index in [9.17, 15) is 24.8 Å². The van der Waals surface area contributed by atoms with Gasteiger partial charge in [-0.3, -0.25) is 10.1 Å². The maximum atomic E-state index is 12.1. The number of non-ortho nitro benzene ring substituents is 1. The molecular weight excluding hydrogens is 292 g/mol. The van der Waals surface area contributed by atoms with Crippen LogP contribution in [-0.4, -0.2) is 33.1 Å². The third-order valence-corrected chi connectivity index (χ3v) is 2.77. The van der Waals surface area contributed by atoms with E-state index in [1.807, 2.05) is 0 Å². The number of nitrogens with zero attached hydrogens (tertiary/aromatic N) is 1.